The van der Waals surface area contributed by atoms with Gasteiger partial charge in [-0.2, -0.15) is 0 Å². The summed E-state index contributed by atoms with van der Waals surface area (Å²) in [4.78, 5) is 15.8. The summed E-state index contributed by atoms with van der Waals surface area (Å²) < 4.78 is 22.5. The van der Waals surface area contributed by atoms with E-state index in [1.54, 1.807) is 6.92 Å². The van der Waals surface area contributed by atoms with E-state index in [4.69, 9.17) is 5.14 Å². The molecule has 1 fully saturated rings. The quantitative estimate of drug-likeness (QED) is 0.869. The maximum Gasteiger partial charge on any atom is 0.249 e. The molecule has 1 saturated carbocycles. The Balaban J connectivity index is 2.09. The van der Waals surface area contributed by atoms with E-state index in [2.05, 4.69) is 17.2 Å². The summed E-state index contributed by atoms with van der Waals surface area (Å²) in [7, 11) is -3.76. The van der Waals surface area contributed by atoms with Crippen LogP contribution in [0.5, 0.6) is 0 Å². The Morgan fingerprint density at radius 2 is 2.11 bits per heavy atom. The van der Waals surface area contributed by atoms with Crippen molar-refractivity contribution in [2.24, 2.45) is 17.0 Å². The van der Waals surface area contributed by atoms with E-state index in [1.165, 1.54) is 0 Å². The number of anilines is 1. The molecule has 0 bridgehead atoms. The van der Waals surface area contributed by atoms with E-state index < -0.39 is 10.0 Å². The number of nitrogens with one attached hydrogen (secondary N) is 1. The number of carbonyl (C=O) groups is 1. The van der Waals surface area contributed by atoms with Gasteiger partial charge in [0.05, 0.1) is 5.69 Å². The highest BCUT2D eigenvalue weighted by Crippen LogP contribution is 2.34. The lowest BCUT2D eigenvalue weighted by atomic mass is 9.76. The number of hydrogen-bond donors (Lipinski definition) is 2. The number of rotatable bonds is 3. The number of sulfonamides is 1. The van der Waals surface area contributed by atoms with Crippen molar-refractivity contribution in [3.05, 3.63) is 5.69 Å². The van der Waals surface area contributed by atoms with Crippen molar-refractivity contribution in [2.45, 2.75) is 30.9 Å². The molecule has 1 heterocycles. The molecule has 18 heavy (non-hydrogen) atoms. The first-order chi connectivity index (χ1) is 8.27. The lowest BCUT2D eigenvalue weighted by molar-refractivity contribution is -0.123. The normalized spacial score (nSPS) is 23.5. The molecular formula is C10H15N3O3S2. The van der Waals surface area contributed by atoms with Crippen LogP contribution < -0.4 is 10.5 Å². The first kappa shape index (κ1) is 13.4. The molecular weight excluding hydrogens is 274 g/mol. The molecule has 0 spiro atoms. The Kier molecular flexibility index (Phi) is 3.43. The van der Waals surface area contributed by atoms with Crippen LogP contribution >= 0.6 is 11.3 Å². The summed E-state index contributed by atoms with van der Waals surface area (Å²) in [5.41, 5.74) is 0.319. The fraction of sp³-hybridized carbons (Fsp3) is 0.600. The van der Waals surface area contributed by atoms with Gasteiger partial charge in [-0.3, -0.25) is 4.79 Å². The third-order valence-corrected chi connectivity index (χ3v) is 5.61. The molecule has 1 aliphatic rings. The second kappa shape index (κ2) is 4.60. The molecule has 100 valence electrons. The van der Waals surface area contributed by atoms with Crippen LogP contribution in [-0.2, 0) is 14.8 Å². The maximum absolute atomic E-state index is 11.8. The summed E-state index contributed by atoms with van der Waals surface area (Å²) in [6.45, 7) is 3.65. The van der Waals surface area contributed by atoms with Gasteiger partial charge in [-0.25, -0.2) is 18.5 Å². The lowest BCUT2D eigenvalue weighted by Gasteiger charge is -2.30. The molecule has 1 amide bonds. The number of carbonyl (C=O) groups excluding carboxylic acids is 1. The molecule has 0 unspecified atom stereocenters. The fourth-order valence-electron chi connectivity index (χ4n) is 2.02. The zero-order chi connectivity index (χ0) is 13.5. The maximum atomic E-state index is 11.8. The van der Waals surface area contributed by atoms with Crippen LogP contribution in [0.4, 0.5) is 5.13 Å². The molecule has 2 rings (SSSR count). The minimum atomic E-state index is -3.76. The zero-order valence-corrected chi connectivity index (χ0v) is 11.8. The Morgan fingerprint density at radius 1 is 1.50 bits per heavy atom. The third kappa shape index (κ3) is 2.70. The van der Waals surface area contributed by atoms with E-state index in [1.807, 2.05) is 0 Å². The van der Waals surface area contributed by atoms with E-state index >= 15 is 0 Å². The van der Waals surface area contributed by atoms with Gasteiger partial charge >= 0.3 is 0 Å². The number of primary sulfonamides is 1. The van der Waals surface area contributed by atoms with Crippen LogP contribution in [0.15, 0.2) is 4.21 Å². The SMILES string of the molecule is Cc1nc(NC(=O)C2CC(C)C2)sc1S(N)(=O)=O. The van der Waals surface area contributed by atoms with E-state index in [-0.39, 0.29) is 16.0 Å². The van der Waals surface area contributed by atoms with Crippen LogP contribution in [0.25, 0.3) is 0 Å². The number of nitrogens with two attached hydrogens (primary N) is 1. The second-order valence-electron chi connectivity index (χ2n) is 4.70. The van der Waals surface area contributed by atoms with Crippen molar-refractivity contribution < 1.29 is 13.2 Å². The van der Waals surface area contributed by atoms with Gasteiger partial charge in [0.2, 0.25) is 15.9 Å². The molecule has 0 aliphatic heterocycles. The highest BCUT2D eigenvalue weighted by atomic mass is 32.2. The Hall–Kier alpha value is -0.990. The molecule has 0 aromatic carbocycles. The predicted molar refractivity (Wildman–Crippen MR) is 68.7 cm³/mol. The van der Waals surface area contributed by atoms with Crippen molar-refractivity contribution >= 4 is 32.4 Å². The van der Waals surface area contributed by atoms with Gasteiger partial charge in [0.15, 0.2) is 9.34 Å². The molecule has 8 heteroatoms. The average Bonchev–Trinajstić information content (AvgIpc) is 2.54. The average molecular weight is 289 g/mol. The monoisotopic (exact) mass is 289 g/mol. The molecule has 0 radical (unpaired) electrons. The van der Waals surface area contributed by atoms with E-state index in [9.17, 15) is 13.2 Å². The number of thiazole rings is 1. The molecule has 0 saturated heterocycles. The van der Waals surface area contributed by atoms with Gasteiger partial charge in [-0.05, 0) is 25.7 Å². The molecule has 1 aromatic heterocycles. The smallest absolute Gasteiger partial charge is 0.249 e. The minimum absolute atomic E-state index is 0.000206. The first-order valence-electron chi connectivity index (χ1n) is 5.58. The largest absolute Gasteiger partial charge is 0.302 e. The lowest BCUT2D eigenvalue weighted by Crippen LogP contribution is -2.33. The Morgan fingerprint density at radius 3 is 2.56 bits per heavy atom. The van der Waals surface area contributed by atoms with Gasteiger partial charge < -0.3 is 5.32 Å². The Bertz CT molecular complexity index is 573. The van der Waals surface area contributed by atoms with Crippen LogP contribution in [-0.4, -0.2) is 19.3 Å². The molecule has 1 aliphatic carbocycles. The van der Waals surface area contributed by atoms with Gasteiger partial charge in [-0.1, -0.05) is 18.3 Å². The highest BCUT2D eigenvalue weighted by Gasteiger charge is 2.32. The summed E-state index contributed by atoms with van der Waals surface area (Å²) in [6.07, 6.45) is 1.75. The van der Waals surface area contributed by atoms with Crippen molar-refractivity contribution in [3.63, 3.8) is 0 Å². The fourth-order valence-corrected chi connectivity index (χ4v) is 3.89. The summed E-state index contributed by atoms with van der Waals surface area (Å²) >= 11 is 0.892. The first-order valence-corrected chi connectivity index (χ1v) is 7.94. The third-order valence-electron chi connectivity index (χ3n) is 2.99. The standard InChI is InChI=1S/C10H15N3O3S2/c1-5-3-7(4-5)8(14)13-10-12-6(2)9(17-10)18(11,15)16/h5,7H,3-4H2,1-2H3,(H2,11,15,16)(H,12,13,14). The van der Waals surface area contributed by atoms with Crippen molar-refractivity contribution in [1.82, 2.24) is 4.98 Å². The number of nitrogens with zero attached hydrogens (tertiary/aromatic N) is 1. The molecule has 0 atom stereocenters. The van der Waals surface area contributed by atoms with E-state index in [0.717, 1.165) is 24.2 Å². The molecule has 6 nitrogen and oxygen atoms in total. The number of amides is 1. The highest BCUT2D eigenvalue weighted by molar-refractivity contribution is 7.91. The van der Waals surface area contributed by atoms with Crippen LogP contribution in [0.3, 0.4) is 0 Å². The van der Waals surface area contributed by atoms with Crippen LogP contribution in [0, 0.1) is 18.8 Å². The summed E-state index contributed by atoms with van der Waals surface area (Å²) in [5, 5.41) is 7.99. The predicted octanol–water partition coefficient (Wildman–Crippen LogP) is 1.08. The van der Waals surface area contributed by atoms with Crippen molar-refractivity contribution in [2.75, 3.05) is 5.32 Å². The zero-order valence-electron chi connectivity index (χ0n) is 10.1. The number of aromatic nitrogens is 1. The van der Waals surface area contributed by atoms with Crippen LogP contribution in [0.2, 0.25) is 0 Å². The Labute approximate surface area is 110 Å². The second-order valence-corrected chi connectivity index (χ2v) is 7.46. The number of aryl methyl sites for hydroxylation is 1. The number of hydrogen-bond acceptors (Lipinski definition) is 5. The summed E-state index contributed by atoms with van der Waals surface area (Å²) in [5.74, 6) is 0.503. The van der Waals surface area contributed by atoms with E-state index in [0.29, 0.717) is 16.7 Å². The van der Waals surface area contributed by atoms with Gasteiger partial charge in [0.25, 0.3) is 0 Å². The van der Waals surface area contributed by atoms with Gasteiger partial charge in [0.1, 0.15) is 0 Å². The molecule has 3 N–H and O–H groups in total. The van der Waals surface area contributed by atoms with Gasteiger partial charge in [-0.15, -0.1) is 0 Å². The topological polar surface area (TPSA) is 102 Å². The summed E-state index contributed by atoms with van der Waals surface area (Å²) in [6, 6.07) is 0. The van der Waals surface area contributed by atoms with Crippen molar-refractivity contribution in [3.8, 4) is 0 Å². The molecule has 1 aromatic rings. The minimum Gasteiger partial charge on any atom is -0.302 e. The van der Waals surface area contributed by atoms with Gasteiger partial charge in [0, 0.05) is 5.92 Å². The van der Waals surface area contributed by atoms with Crippen molar-refractivity contribution in [1.29, 1.82) is 0 Å². The van der Waals surface area contributed by atoms with Crippen LogP contribution in [0.1, 0.15) is 25.5 Å².